The van der Waals surface area contributed by atoms with Gasteiger partial charge in [0.05, 0.1) is 24.2 Å². The fraction of sp³-hybridized carbons (Fsp3) is 0.393. The lowest BCUT2D eigenvalue weighted by atomic mass is 10.0. The zero-order valence-corrected chi connectivity index (χ0v) is 22.9. The second-order valence-corrected chi connectivity index (χ2v) is 11.0. The molecule has 3 amide bonds. The number of hydrogen-bond donors (Lipinski definition) is 2. The van der Waals surface area contributed by atoms with Crippen molar-refractivity contribution in [1.82, 2.24) is 10.2 Å². The standard InChI is InChI=1S/C28H36N4O6S/c1-22(32(23-10-4-2-5-11-23)28(35)31-17-19-38-20-18-31)27(34)30-25(14-8-9-16-29)26(33)15-21-39(36,37)24-12-6-3-7-13-24/h2-7,10-13,15,21-22,25H,8-9,14,16-20,29H2,1H3,(H,30,34)/t22-,25-/m0/s1. The summed E-state index contributed by atoms with van der Waals surface area (Å²) in [5.74, 6) is -1.09. The Morgan fingerprint density at radius 1 is 1.03 bits per heavy atom. The number of anilines is 1. The highest BCUT2D eigenvalue weighted by Crippen LogP contribution is 2.20. The van der Waals surface area contributed by atoms with E-state index in [1.54, 1.807) is 54.3 Å². The Morgan fingerprint density at radius 2 is 1.64 bits per heavy atom. The highest BCUT2D eigenvalue weighted by atomic mass is 32.2. The molecule has 2 aromatic carbocycles. The maximum Gasteiger partial charge on any atom is 0.325 e. The summed E-state index contributed by atoms with van der Waals surface area (Å²) in [5, 5.41) is 3.60. The molecule has 39 heavy (non-hydrogen) atoms. The van der Waals surface area contributed by atoms with Gasteiger partial charge in [-0.05, 0) is 63.1 Å². The van der Waals surface area contributed by atoms with Crippen LogP contribution in [0.15, 0.2) is 77.0 Å². The molecule has 1 heterocycles. The van der Waals surface area contributed by atoms with Crippen LogP contribution in [0.5, 0.6) is 0 Å². The summed E-state index contributed by atoms with van der Waals surface area (Å²) < 4.78 is 30.6. The van der Waals surface area contributed by atoms with Gasteiger partial charge in [0.2, 0.25) is 5.91 Å². The number of morpholine rings is 1. The number of carbonyl (C=O) groups excluding carboxylic acids is 3. The molecule has 0 radical (unpaired) electrons. The Hall–Kier alpha value is -3.54. The third kappa shape index (κ3) is 8.47. The number of amides is 3. The average Bonchev–Trinajstić information content (AvgIpc) is 2.97. The van der Waals surface area contributed by atoms with Gasteiger partial charge in [0.25, 0.3) is 0 Å². The van der Waals surface area contributed by atoms with Gasteiger partial charge in [0, 0.05) is 24.2 Å². The third-order valence-corrected chi connectivity index (χ3v) is 7.80. The van der Waals surface area contributed by atoms with Crippen LogP contribution in [0.25, 0.3) is 0 Å². The van der Waals surface area contributed by atoms with E-state index in [4.69, 9.17) is 10.5 Å². The third-order valence-electron chi connectivity index (χ3n) is 6.38. The van der Waals surface area contributed by atoms with Crippen LogP contribution in [-0.4, -0.2) is 76.0 Å². The zero-order valence-electron chi connectivity index (χ0n) is 22.1. The van der Waals surface area contributed by atoms with E-state index in [-0.39, 0.29) is 17.3 Å². The molecule has 0 aromatic heterocycles. The number of nitrogens with zero attached hydrogens (tertiary/aromatic N) is 2. The molecule has 210 valence electrons. The van der Waals surface area contributed by atoms with Crippen molar-refractivity contribution in [1.29, 1.82) is 0 Å². The lowest BCUT2D eigenvalue weighted by Crippen LogP contribution is -2.56. The molecule has 1 fully saturated rings. The first-order valence-electron chi connectivity index (χ1n) is 13.0. The molecule has 0 bridgehead atoms. The van der Waals surface area contributed by atoms with E-state index < -0.39 is 33.6 Å². The van der Waals surface area contributed by atoms with Gasteiger partial charge in [0.1, 0.15) is 6.04 Å². The second kappa shape index (κ2) is 14.6. The van der Waals surface area contributed by atoms with Crippen molar-refractivity contribution >= 4 is 33.2 Å². The summed E-state index contributed by atoms with van der Waals surface area (Å²) in [5.41, 5.74) is 6.14. The number of nitrogens with two attached hydrogens (primary N) is 1. The minimum atomic E-state index is -3.83. The molecule has 2 aromatic rings. The molecule has 2 atom stereocenters. The number of ketones is 1. The van der Waals surface area contributed by atoms with Crippen LogP contribution in [0.2, 0.25) is 0 Å². The largest absolute Gasteiger partial charge is 0.378 e. The number of benzene rings is 2. The molecule has 0 aliphatic carbocycles. The number of para-hydroxylation sites is 1. The van der Waals surface area contributed by atoms with Crippen molar-refractivity contribution in [2.24, 2.45) is 5.73 Å². The fourth-order valence-electron chi connectivity index (χ4n) is 4.14. The van der Waals surface area contributed by atoms with Gasteiger partial charge in [-0.1, -0.05) is 36.4 Å². The van der Waals surface area contributed by atoms with Crippen LogP contribution < -0.4 is 16.0 Å². The monoisotopic (exact) mass is 556 g/mol. The van der Waals surface area contributed by atoms with Gasteiger partial charge in [-0.15, -0.1) is 0 Å². The minimum absolute atomic E-state index is 0.0616. The summed E-state index contributed by atoms with van der Waals surface area (Å²) in [6.07, 6.45) is 2.43. The molecule has 10 nitrogen and oxygen atoms in total. The van der Waals surface area contributed by atoms with Crippen LogP contribution in [0.3, 0.4) is 0 Å². The number of unbranched alkanes of at least 4 members (excludes halogenated alkanes) is 1. The molecular weight excluding hydrogens is 520 g/mol. The molecule has 0 saturated carbocycles. The first kappa shape index (κ1) is 30.0. The van der Waals surface area contributed by atoms with Crippen molar-refractivity contribution in [3.63, 3.8) is 0 Å². The Balaban J connectivity index is 1.80. The van der Waals surface area contributed by atoms with Crippen molar-refractivity contribution in [2.45, 2.75) is 43.2 Å². The van der Waals surface area contributed by atoms with Gasteiger partial charge in [-0.25, -0.2) is 13.2 Å². The van der Waals surface area contributed by atoms with Gasteiger partial charge in [-0.2, -0.15) is 0 Å². The zero-order chi connectivity index (χ0) is 28.3. The van der Waals surface area contributed by atoms with Crippen molar-refractivity contribution in [2.75, 3.05) is 37.7 Å². The smallest absolute Gasteiger partial charge is 0.325 e. The van der Waals surface area contributed by atoms with E-state index in [0.717, 1.165) is 11.5 Å². The van der Waals surface area contributed by atoms with Gasteiger partial charge in [0.15, 0.2) is 15.6 Å². The van der Waals surface area contributed by atoms with Gasteiger partial charge < -0.3 is 20.7 Å². The van der Waals surface area contributed by atoms with Crippen LogP contribution in [0, 0.1) is 0 Å². The molecule has 11 heteroatoms. The highest BCUT2D eigenvalue weighted by Gasteiger charge is 2.33. The summed E-state index contributed by atoms with van der Waals surface area (Å²) in [4.78, 5) is 43.1. The lowest BCUT2D eigenvalue weighted by Gasteiger charge is -2.36. The molecule has 0 unspecified atom stereocenters. The molecule has 1 aliphatic rings. The number of ether oxygens (including phenoxy) is 1. The van der Waals surface area contributed by atoms with Crippen molar-refractivity contribution in [3.05, 3.63) is 72.1 Å². The number of sulfone groups is 1. The number of carbonyl (C=O) groups is 3. The highest BCUT2D eigenvalue weighted by molar-refractivity contribution is 7.94. The molecule has 0 spiro atoms. The van der Waals surface area contributed by atoms with E-state index in [2.05, 4.69) is 5.32 Å². The molecule has 3 N–H and O–H groups in total. The Kier molecular flexibility index (Phi) is 11.2. The van der Waals surface area contributed by atoms with Crippen molar-refractivity contribution < 1.29 is 27.5 Å². The van der Waals surface area contributed by atoms with Crippen LogP contribution in [0.4, 0.5) is 10.5 Å². The molecule has 1 saturated heterocycles. The summed E-state index contributed by atoms with van der Waals surface area (Å²) in [7, 11) is -3.83. The summed E-state index contributed by atoms with van der Waals surface area (Å²) in [6, 6.07) is 14.3. The molecular formula is C28H36N4O6S. The number of rotatable bonds is 12. The Morgan fingerprint density at radius 3 is 2.26 bits per heavy atom. The van der Waals surface area contributed by atoms with E-state index in [1.807, 2.05) is 6.07 Å². The predicted molar refractivity (Wildman–Crippen MR) is 149 cm³/mol. The van der Waals surface area contributed by atoms with Gasteiger partial charge >= 0.3 is 6.03 Å². The summed E-state index contributed by atoms with van der Waals surface area (Å²) >= 11 is 0. The lowest BCUT2D eigenvalue weighted by molar-refractivity contribution is -0.126. The maximum atomic E-state index is 13.5. The second-order valence-electron chi connectivity index (χ2n) is 9.17. The first-order valence-corrected chi connectivity index (χ1v) is 14.5. The predicted octanol–water partition coefficient (Wildman–Crippen LogP) is 2.50. The van der Waals surface area contributed by atoms with E-state index in [1.165, 1.54) is 17.0 Å². The maximum absolute atomic E-state index is 13.5. The summed E-state index contributed by atoms with van der Waals surface area (Å²) in [6.45, 7) is 3.63. The first-order chi connectivity index (χ1) is 18.7. The topological polar surface area (TPSA) is 139 Å². The van der Waals surface area contributed by atoms with Crippen LogP contribution >= 0.6 is 0 Å². The van der Waals surface area contributed by atoms with E-state index >= 15 is 0 Å². The Labute approximate surface area is 229 Å². The Bertz CT molecular complexity index is 1230. The van der Waals surface area contributed by atoms with E-state index in [9.17, 15) is 22.8 Å². The SMILES string of the molecule is C[C@@H](C(=O)N[C@@H](CCCCN)C(=O)C=CS(=O)(=O)c1ccccc1)N(C(=O)N1CCOCC1)c1ccccc1. The quantitative estimate of drug-likeness (QED) is 0.302. The van der Waals surface area contributed by atoms with Gasteiger partial charge in [-0.3, -0.25) is 14.5 Å². The van der Waals surface area contributed by atoms with Crippen LogP contribution in [0.1, 0.15) is 26.2 Å². The van der Waals surface area contributed by atoms with E-state index in [0.29, 0.717) is 51.4 Å². The number of hydrogen-bond acceptors (Lipinski definition) is 7. The average molecular weight is 557 g/mol. The van der Waals surface area contributed by atoms with Crippen molar-refractivity contribution in [3.8, 4) is 0 Å². The minimum Gasteiger partial charge on any atom is -0.378 e. The molecule has 1 aliphatic heterocycles. The fourth-order valence-corrected chi connectivity index (χ4v) is 5.15. The van der Waals surface area contributed by atoms with Crippen LogP contribution in [-0.2, 0) is 24.2 Å². The normalized spacial score (nSPS) is 15.5. The number of urea groups is 1. The molecule has 3 rings (SSSR count). The number of nitrogens with one attached hydrogen (secondary N) is 1.